The summed E-state index contributed by atoms with van der Waals surface area (Å²) in [5.74, 6) is 0.843. The van der Waals surface area contributed by atoms with Crippen LogP contribution >= 0.6 is 0 Å². The molecule has 0 aliphatic heterocycles. The quantitative estimate of drug-likeness (QED) is 0.870. The van der Waals surface area contributed by atoms with Crippen molar-refractivity contribution < 1.29 is 8.42 Å². The Morgan fingerprint density at radius 3 is 2.50 bits per heavy atom. The summed E-state index contributed by atoms with van der Waals surface area (Å²) in [5, 5.41) is 3.09. The summed E-state index contributed by atoms with van der Waals surface area (Å²) in [7, 11) is -2.95. The van der Waals surface area contributed by atoms with Gasteiger partial charge in [-0.2, -0.15) is 0 Å². The van der Waals surface area contributed by atoms with Crippen LogP contribution in [-0.2, 0) is 9.84 Å². The Balaban J connectivity index is 2.73. The summed E-state index contributed by atoms with van der Waals surface area (Å²) in [6, 6.07) is 3.75. The minimum absolute atomic E-state index is 0.113. The topological polar surface area (TPSA) is 59.1 Å². The number of rotatable bonds is 4. The number of hydrogen-bond acceptors (Lipinski definition) is 4. The van der Waals surface area contributed by atoms with Gasteiger partial charge in [0.1, 0.15) is 15.7 Å². The molecule has 4 nitrogen and oxygen atoms in total. The molecule has 16 heavy (non-hydrogen) atoms. The van der Waals surface area contributed by atoms with Crippen LogP contribution in [0.1, 0.15) is 18.2 Å². The highest BCUT2D eigenvalue weighted by molar-refractivity contribution is 7.90. The number of aromatic nitrogens is 1. The molecule has 1 unspecified atom stereocenters. The molecule has 90 valence electrons. The molecule has 0 saturated heterocycles. The predicted molar refractivity (Wildman–Crippen MR) is 66.5 cm³/mol. The first-order chi connectivity index (χ1) is 7.26. The predicted octanol–water partition coefficient (Wildman–Crippen LogP) is 1.54. The van der Waals surface area contributed by atoms with Crippen molar-refractivity contribution in [3.05, 3.63) is 23.4 Å². The average Bonchev–Trinajstić information content (AvgIpc) is 1.96. The molecule has 1 atom stereocenters. The normalized spacial score (nSPS) is 13.5. The Hall–Kier alpha value is -1.10. The minimum atomic E-state index is -2.95. The van der Waals surface area contributed by atoms with Crippen LogP contribution in [0.3, 0.4) is 0 Å². The lowest BCUT2D eigenvalue weighted by Gasteiger charge is -2.14. The molecule has 5 heteroatoms. The lowest BCUT2D eigenvalue weighted by molar-refractivity contribution is 0.598. The maximum Gasteiger partial charge on any atom is 0.149 e. The van der Waals surface area contributed by atoms with Crippen LogP contribution < -0.4 is 5.32 Å². The largest absolute Gasteiger partial charge is 0.367 e. The van der Waals surface area contributed by atoms with Crippen LogP contribution in [0.5, 0.6) is 0 Å². The van der Waals surface area contributed by atoms with Gasteiger partial charge < -0.3 is 5.32 Å². The van der Waals surface area contributed by atoms with Gasteiger partial charge in [-0.25, -0.2) is 13.4 Å². The number of nitrogens with one attached hydrogen (secondary N) is 1. The van der Waals surface area contributed by atoms with Crippen molar-refractivity contribution in [1.82, 2.24) is 4.98 Å². The lowest BCUT2D eigenvalue weighted by atomic mass is 10.2. The van der Waals surface area contributed by atoms with Crippen molar-refractivity contribution in [2.24, 2.45) is 0 Å². The second-order valence-corrected chi connectivity index (χ2v) is 6.49. The SMILES string of the molecule is Cc1cc(C)nc(NC(C)CS(C)(=O)=O)c1. The van der Waals surface area contributed by atoms with Gasteiger partial charge in [-0.05, 0) is 38.5 Å². The third-order valence-electron chi connectivity index (χ3n) is 2.04. The van der Waals surface area contributed by atoms with Gasteiger partial charge in [0, 0.05) is 18.0 Å². The van der Waals surface area contributed by atoms with E-state index in [1.54, 1.807) is 0 Å². The van der Waals surface area contributed by atoms with Gasteiger partial charge in [0.25, 0.3) is 0 Å². The average molecular weight is 242 g/mol. The van der Waals surface area contributed by atoms with Crippen LogP contribution in [0.4, 0.5) is 5.82 Å². The van der Waals surface area contributed by atoms with E-state index < -0.39 is 9.84 Å². The van der Waals surface area contributed by atoms with Gasteiger partial charge in [0.05, 0.1) is 5.75 Å². The highest BCUT2D eigenvalue weighted by atomic mass is 32.2. The zero-order valence-electron chi connectivity index (χ0n) is 10.1. The fraction of sp³-hybridized carbons (Fsp3) is 0.545. The molecule has 1 aromatic rings. The zero-order chi connectivity index (χ0) is 12.3. The van der Waals surface area contributed by atoms with E-state index in [4.69, 9.17) is 0 Å². The van der Waals surface area contributed by atoms with Gasteiger partial charge in [0.15, 0.2) is 0 Å². The van der Waals surface area contributed by atoms with Crippen molar-refractivity contribution in [3.8, 4) is 0 Å². The molecule has 0 radical (unpaired) electrons. The Bertz CT molecular complexity index is 449. The van der Waals surface area contributed by atoms with E-state index in [-0.39, 0.29) is 11.8 Å². The molecular weight excluding hydrogens is 224 g/mol. The van der Waals surface area contributed by atoms with Gasteiger partial charge in [-0.1, -0.05) is 0 Å². The molecule has 1 rings (SSSR count). The van der Waals surface area contributed by atoms with Gasteiger partial charge >= 0.3 is 0 Å². The molecule has 1 aromatic heterocycles. The summed E-state index contributed by atoms with van der Waals surface area (Å²) in [5.41, 5.74) is 2.04. The number of pyridine rings is 1. The van der Waals surface area contributed by atoms with Crippen LogP contribution in [0.25, 0.3) is 0 Å². The first-order valence-electron chi connectivity index (χ1n) is 5.16. The minimum Gasteiger partial charge on any atom is -0.367 e. The van der Waals surface area contributed by atoms with Crippen molar-refractivity contribution in [2.75, 3.05) is 17.3 Å². The zero-order valence-corrected chi connectivity index (χ0v) is 10.9. The molecule has 0 amide bonds. The monoisotopic (exact) mass is 242 g/mol. The fourth-order valence-corrected chi connectivity index (χ4v) is 2.66. The summed E-state index contributed by atoms with van der Waals surface area (Å²) < 4.78 is 22.2. The second-order valence-electron chi connectivity index (χ2n) is 4.31. The number of sulfone groups is 1. The van der Waals surface area contributed by atoms with Crippen LogP contribution in [0, 0.1) is 13.8 Å². The Kier molecular flexibility index (Phi) is 3.91. The summed E-state index contributed by atoms with van der Waals surface area (Å²) in [4.78, 5) is 4.30. The first-order valence-corrected chi connectivity index (χ1v) is 7.22. The molecule has 1 heterocycles. The molecule has 0 fully saturated rings. The Morgan fingerprint density at radius 1 is 1.38 bits per heavy atom. The number of nitrogens with zero attached hydrogens (tertiary/aromatic N) is 1. The van der Waals surface area contributed by atoms with Crippen molar-refractivity contribution >= 4 is 15.7 Å². The standard InChI is InChI=1S/C11H18N2O2S/c1-8-5-9(2)12-11(6-8)13-10(3)7-16(4,14)15/h5-6,10H,7H2,1-4H3,(H,12,13). The Morgan fingerprint density at radius 2 is 2.00 bits per heavy atom. The van der Waals surface area contributed by atoms with E-state index in [1.165, 1.54) is 6.26 Å². The smallest absolute Gasteiger partial charge is 0.149 e. The molecule has 0 aromatic carbocycles. The number of aryl methyl sites for hydroxylation is 2. The van der Waals surface area contributed by atoms with Crippen molar-refractivity contribution in [1.29, 1.82) is 0 Å². The van der Waals surface area contributed by atoms with Gasteiger partial charge in [-0.15, -0.1) is 0 Å². The van der Waals surface area contributed by atoms with Gasteiger partial charge in [-0.3, -0.25) is 0 Å². The highest BCUT2D eigenvalue weighted by Gasteiger charge is 2.10. The summed E-state index contributed by atoms with van der Waals surface area (Å²) in [6.07, 6.45) is 1.24. The molecule has 0 bridgehead atoms. The van der Waals surface area contributed by atoms with E-state index in [2.05, 4.69) is 10.3 Å². The van der Waals surface area contributed by atoms with E-state index in [9.17, 15) is 8.42 Å². The lowest BCUT2D eigenvalue weighted by Crippen LogP contribution is -2.25. The molecule has 1 N–H and O–H groups in total. The first kappa shape index (κ1) is 13.0. The maximum absolute atomic E-state index is 11.1. The number of anilines is 1. The summed E-state index contributed by atoms with van der Waals surface area (Å²) in [6.45, 7) is 5.74. The third kappa shape index (κ3) is 4.61. The van der Waals surface area contributed by atoms with Gasteiger partial charge in [0.2, 0.25) is 0 Å². The summed E-state index contributed by atoms with van der Waals surface area (Å²) >= 11 is 0. The second kappa shape index (κ2) is 4.82. The Labute approximate surface area is 97.0 Å². The molecular formula is C11H18N2O2S. The number of hydrogen-bond donors (Lipinski definition) is 1. The van der Waals surface area contributed by atoms with E-state index >= 15 is 0 Å². The van der Waals surface area contributed by atoms with Crippen molar-refractivity contribution in [3.63, 3.8) is 0 Å². The molecule has 0 aliphatic rings. The molecule has 0 aliphatic carbocycles. The highest BCUT2D eigenvalue weighted by Crippen LogP contribution is 2.10. The molecule has 0 spiro atoms. The van der Waals surface area contributed by atoms with Crippen LogP contribution in [0.2, 0.25) is 0 Å². The van der Waals surface area contributed by atoms with E-state index in [0.717, 1.165) is 17.1 Å². The van der Waals surface area contributed by atoms with Crippen molar-refractivity contribution in [2.45, 2.75) is 26.8 Å². The van der Waals surface area contributed by atoms with Crippen LogP contribution in [-0.4, -0.2) is 31.5 Å². The maximum atomic E-state index is 11.1. The molecule has 0 saturated carbocycles. The van der Waals surface area contributed by atoms with E-state index in [1.807, 2.05) is 32.9 Å². The van der Waals surface area contributed by atoms with Crippen LogP contribution in [0.15, 0.2) is 12.1 Å². The fourth-order valence-electron chi connectivity index (χ4n) is 1.66. The third-order valence-corrected chi connectivity index (χ3v) is 3.15. The van der Waals surface area contributed by atoms with E-state index in [0.29, 0.717) is 0 Å².